The van der Waals surface area contributed by atoms with Gasteiger partial charge >= 0.3 is 5.97 Å². The fraction of sp³-hybridized carbons (Fsp3) is 0.889. The molecule has 2 atom stereocenters. The van der Waals surface area contributed by atoms with Crippen LogP contribution in [0.25, 0.3) is 0 Å². The van der Waals surface area contributed by atoms with Gasteiger partial charge in [0.25, 0.3) is 0 Å². The number of aliphatic carboxylic acids is 1. The molecule has 0 aliphatic carbocycles. The molecule has 13 heavy (non-hydrogen) atoms. The van der Waals surface area contributed by atoms with Crippen molar-refractivity contribution in [2.45, 2.75) is 32.7 Å². The van der Waals surface area contributed by atoms with Gasteiger partial charge in [0, 0.05) is 0 Å². The maximum Gasteiger partial charge on any atom is 0.320 e. The molecule has 0 saturated carbocycles. The molecular formula is C9H18ClNO2. The van der Waals surface area contributed by atoms with Crippen molar-refractivity contribution >= 4 is 18.4 Å². The van der Waals surface area contributed by atoms with Crippen molar-refractivity contribution in [3.8, 4) is 0 Å². The van der Waals surface area contributed by atoms with E-state index >= 15 is 0 Å². The Morgan fingerprint density at radius 2 is 2.15 bits per heavy atom. The third-order valence-corrected chi connectivity index (χ3v) is 2.69. The van der Waals surface area contributed by atoms with E-state index in [1.54, 1.807) is 0 Å². The third-order valence-electron chi connectivity index (χ3n) is 2.69. The smallest absolute Gasteiger partial charge is 0.320 e. The summed E-state index contributed by atoms with van der Waals surface area (Å²) < 4.78 is 0. The average Bonchev–Trinajstić information content (AvgIpc) is 2.04. The number of carboxylic acids is 1. The van der Waals surface area contributed by atoms with Crippen molar-refractivity contribution in [1.82, 2.24) is 5.32 Å². The number of carboxylic acid groups (broad SMARTS) is 1. The lowest BCUT2D eigenvalue weighted by Gasteiger charge is -2.30. The van der Waals surface area contributed by atoms with E-state index in [1.165, 1.54) is 0 Å². The molecule has 2 N–H and O–H groups in total. The van der Waals surface area contributed by atoms with Crippen LogP contribution in [0, 0.1) is 11.8 Å². The van der Waals surface area contributed by atoms with Crippen LogP contribution in [0.5, 0.6) is 0 Å². The number of hydrogen-bond donors (Lipinski definition) is 2. The fourth-order valence-corrected chi connectivity index (χ4v) is 1.74. The number of nitrogens with one attached hydrogen (secondary N) is 1. The van der Waals surface area contributed by atoms with Gasteiger partial charge < -0.3 is 10.4 Å². The van der Waals surface area contributed by atoms with Crippen molar-refractivity contribution < 1.29 is 9.90 Å². The predicted molar refractivity (Wildman–Crippen MR) is 54.2 cm³/mol. The topological polar surface area (TPSA) is 49.3 Å². The molecule has 0 amide bonds. The summed E-state index contributed by atoms with van der Waals surface area (Å²) >= 11 is 0. The molecule has 0 aromatic carbocycles. The highest BCUT2D eigenvalue weighted by Crippen LogP contribution is 2.23. The van der Waals surface area contributed by atoms with E-state index in [-0.39, 0.29) is 18.4 Å². The van der Waals surface area contributed by atoms with E-state index < -0.39 is 5.97 Å². The zero-order valence-electron chi connectivity index (χ0n) is 8.12. The number of halogens is 1. The molecule has 0 bridgehead atoms. The molecule has 1 rings (SSSR count). The van der Waals surface area contributed by atoms with Gasteiger partial charge in [-0.3, -0.25) is 4.79 Å². The molecule has 1 saturated heterocycles. The number of piperidine rings is 1. The highest BCUT2D eigenvalue weighted by atomic mass is 35.5. The van der Waals surface area contributed by atoms with Crippen molar-refractivity contribution in [2.75, 3.05) is 6.54 Å². The van der Waals surface area contributed by atoms with Crippen molar-refractivity contribution in [1.29, 1.82) is 0 Å². The highest BCUT2D eigenvalue weighted by Gasteiger charge is 2.27. The van der Waals surface area contributed by atoms with E-state index in [1.807, 2.05) is 0 Å². The molecule has 0 aromatic rings. The first-order chi connectivity index (χ1) is 5.61. The third kappa shape index (κ3) is 3.53. The first kappa shape index (κ1) is 12.7. The molecule has 2 unspecified atom stereocenters. The Kier molecular flexibility index (Phi) is 5.33. The summed E-state index contributed by atoms with van der Waals surface area (Å²) in [6.45, 7) is 5.17. The molecule has 0 aromatic heterocycles. The number of rotatable bonds is 2. The molecule has 1 aliphatic heterocycles. The second-order valence-corrected chi connectivity index (χ2v) is 3.87. The largest absolute Gasteiger partial charge is 0.480 e. The van der Waals surface area contributed by atoms with Gasteiger partial charge in [0.15, 0.2) is 0 Å². The van der Waals surface area contributed by atoms with Crippen LogP contribution in [0.15, 0.2) is 0 Å². The minimum absolute atomic E-state index is 0. The molecular weight excluding hydrogens is 190 g/mol. The van der Waals surface area contributed by atoms with E-state index in [4.69, 9.17) is 5.11 Å². The standard InChI is InChI=1S/C9H17NO2.ClH/c1-6(2)7-3-4-10-8(5-7)9(11)12;/h6-8,10H,3-5H2,1-2H3,(H,11,12);1H. The molecule has 0 radical (unpaired) electrons. The average molecular weight is 208 g/mol. The van der Waals surface area contributed by atoms with Gasteiger partial charge in [-0.15, -0.1) is 12.4 Å². The van der Waals surface area contributed by atoms with E-state index in [0.29, 0.717) is 11.8 Å². The minimum Gasteiger partial charge on any atom is -0.480 e. The molecule has 1 heterocycles. The van der Waals surface area contributed by atoms with E-state index in [0.717, 1.165) is 19.4 Å². The van der Waals surface area contributed by atoms with Crippen molar-refractivity contribution in [2.24, 2.45) is 11.8 Å². The van der Waals surface area contributed by atoms with Crippen LogP contribution in [-0.2, 0) is 4.79 Å². The van der Waals surface area contributed by atoms with Gasteiger partial charge in [0.2, 0.25) is 0 Å². The van der Waals surface area contributed by atoms with E-state index in [2.05, 4.69) is 19.2 Å². The monoisotopic (exact) mass is 207 g/mol. The van der Waals surface area contributed by atoms with Gasteiger partial charge in [-0.2, -0.15) is 0 Å². The Bertz CT molecular complexity index is 173. The highest BCUT2D eigenvalue weighted by molar-refractivity contribution is 5.85. The first-order valence-corrected chi connectivity index (χ1v) is 4.57. The first-order valence-electron chi connectivity index (χ1n) is 4.57. The summed E-state index contributed by atoms with van der Waals surface area (Å²) in [7, 11) is 0. The van der Waals surface area contributed by atoms with Gasteiger partial charge in [0.05, 0.1) is 0 Å². The van der Waals surface area contributed by atoms with Gasteiger partial charge in [-0.05, 0) is 31.2 Å². The van der Waals surface area contributed by atoms with Crippen LogP contribution < -0.4 is 5.32 Å². The maximum atomic E-state index is 10.7. The SMILES string of the molecule is CC(C)C1CCNC(C(=O)O)C1.Cl. The lowest BCUT2D eigenvalue weighted by Crippen LogP contribution is -2.44. The minimum atomic E-state index is -0.708. The Hall–Kier alpha value is -0.280. The van der Waals surface area contributed by atoms with Gasteiger partial charge in [0.1, 0.15) is 6.04 Å². The fourth-order valence-electron chi connectivity index (χ4n) is 1.74. The summed E-state index contributed by atoms with van der Waals surface area (Å²) in [6, 6.07) is -0.314. The zero-order valence-corrected chi connectivity index (χ0v) is 8.93. The molecule has 0 spiro atoms. The molecule has 1 fully saturated rings. The zero-order chi connectivity index (χ0) is 9.14. The summed E-state index contributed by atoms with van der Waals surface area (Å²) in [5, 5.41) is 11.8. The Morgan fingerprint density at radius 3 is 2.62 bits per heavy atom. The summed E-state index contributed by atoms with van der Waals surface area (Å²) in [5.41, 5.74) is 0. The quantitative estimate of drug-likeness (QED) is 0.722. The van der Waals surface area contributed by atoms with Crippen molar-refractivity contribution in [3.05, 3.63) is 0 Å². The predicted octanol–water partition coefficient (Wildman–Crippen LogP) is 1.52. The summed E-state index contributed by atoms with van der Waals surface area (Å²) in [4.78, 5) is 10.7. The number of hydrogen-bond acceptors (Lipinski definition) is 2. The molecule has 3 nitrogen and oxygen atoms in total. The molecule has 4 heteroatoms. The van der Waals surface area contributed by atoms with Gasteiger partial charge in [-0.25, -0.2) is 0 Å². The van der Waals surface area contributed by atoms with Crippen LogP contribution in [0.3, 0.4) is 0 Å². The van der Waals surface area contributed by atoms with Crippen LogP contribution in [-0.4, -0.2) is 23.7 Å². The van der Waals surface area contributed by atoms with Crippen molar-refractivity contribution in [3.63, 3.8) is 0 Å². The number of carbonyl (C=O) groups is 1. The molecule has 78 valence electrons. The maximum absolute atomic E-state index is 10.7. The lowest BCUT2D eigenvalue weighted by atomic mass is 9.84. The second kappa shape index (κ2) is 5.45. The Labute approximate surface area is 85.3 Å². The summed E-state index contributed by atoms with van der Waals surface area (Å²) in [5.74, 6) is 0.474. The van der Waals surface area contributed by atoms with Crippen LogP contribution in [0.1, 0.15) is 26.7 Å². The van der Waals surface area contributed by atoms with Gasteiger partial charge in [-0.1, -0.05) is 13.8 Å². The van der Waals surface area contributed by atoms with Crippen LogP contribution in [0.2, 0.25) is 0 Å². The lowest BCUT2D eigenvalue weighted by molar-refractivity contribution is -0.140. The Balaban J connectivity index is 0.00000144. The van der Waals surface area contributed by atoms with Crippen LogP contribution >= 0.6 is 12.4 Å². The van der Waals surface area contributed by atoms with Crippen LogP contribution in [0.4, 0.5) is 0 Å². The second-order valence-electron chi connectivity index (χ2n) is 3.87. The van der Waals surface area contributed by atoms with E-state index in [9.17, 15) is 4.79 Å². The normalized spacial score (nSPS) is 28.2. The summed E-state index contributed by atoms with van der Waals surface area (Å²) in [6.07, 6.45) is 1.90. The Morgan fingerprint density at radius 1 is 1.54 bits per heavy atom. The molecule has 1 aliphatic rings.